The molecule has 2 N–H and O–H groups in total. The van der Waals surface area contributed by atoms with E-state index in [0.717, 1.165) is 28.9 Å². The Hall–Kier alpha value is -1.22. The molecule has 1 aromatic rings. The number of ether oxygens (including phenoxy) is 1. The summed E-state index contributed by atoms with van der Waals surface area (Å²) in [6, 6.07) is 7.64. The molecule has 3 nitrogen and oxygen atoms in total. The van der Waals surface area contributed by atoms with E-state index in [1.54, 1.807) is 0 Å². The van der Waals surface area contributed by atoms with E-state index in [2.05, 4.69) is 21.1 Å². The summed E-state index contributed by atoms with van der Waals surface area (Å²) < 4.78 is 6.79. The molecule has 0 saturated carbocycles. The van der Waals surface area contributed by atoms with Crippen LogP contribution in [0.1, 0.15) is 51.4 Å². The molecule has 0 fully saturated rings. The van der Waals surface area contributed by atoms with Gasteiger partial charge < -0.3 is 15.0 Å². The zero-order valence-corrected chi connectivity index (χ0v) is 14.8. The Kier molecular flexibility index (Phi) is 8.98. The number of anilines is 1. The summed E-state index contributed by atoms with van der Waals surface area (Å²) in [6.07, 6.45) is 10.6. The molecule has 1 aromatic carbocycles. The van der Waals surface area contributed by atoms with Crippen molar-refractivity contribution in [2.75, 3.05) is 40.0 Å². The van der Waals surface area contributed by atoms with Gasteiger partial charge >= 0.3 is 0 Å². The topological polar surface area (TPSA) is 35.2 Å². The third-order valence-corrected chi connectivity index (χ3v) is 3.87. The molecule has 22 heavy (non-hydrogen) atoms. The Morgan fingerprint density at radius 1 is 0.773 bits per heavy atom. The van der Waals surface area contributed by atoms with Crippen LogP contribution in [0.3, 0.4) is 0 Å². The molecule has 0 heterocycles. The largest absolute Gasteiger partial charge is 0.494 e. The molecule has 0 atom stereocenters. The lowest BCUT2D eigenvalue weighted by molar-refractivity contribution is -0.870. The summed E-state index contributed by atoms with van der Waals surface area (Å²) in [5.74, 6) is 0.923. The van der Waals surface area contributed by atoms with Crippen molar-refractivity contribution in [2.24, 2.45) is 0 Å². The highest BCUT2D eigenvalue weighted by Crippen LogP contribution is 2.14. The molecule has 0 aliphatic heterocycles. The molecule has 0 radical (unpaired) electrons. The van der Waals surface area contributed by atoms with E-state index >= 15 is 0 Å². The van der Waals surface area contributed by atoms with Crippen LogP contribution in [0.25, 0.3) is 0 Å². The minimum absolute atomic E-state index is 0.786. The van der Waals surface area contributed by atoms with Gasteiger partial charge in [0.2, 0.25) is 0 Å². The van der Waals surface area contributed by atoms with Crippen LogP contribution in [0.2, 0.25) is 0 Å². The molecular weight excluding hydrogens is 272 g/mol. The first-order valence-corrected chi connectivity index (χ1v) is 8.76. The number of hydrogen-bond donors (Lipinski definition) is 1. The van der Waals surface area contributed by atoms with Gasteiger partial charge in [0.15, 0.2) is 0 Å². The minimum Gasteiger partial charge on any atom is -0.494 e. The first-order chi connectivity index (χ1) is 10.5. The second kappa shape index (κ2) is 10.5. The fraction of sp³-hybridized carbons (Fsp3) is 0.684. The Morgan fingerprint density at radius 2 is 1.27 bits per heavy atom. The lowest BCUT2D eigenvalue weighted by Gasteiger charge is -2.23. The average Bonchev–Trinajstić information content (AvgIpc) is 2.45. The van der Waals surface area contributed by atoms with Crippen molar-refractivity contribution in [3.63, 3.8) is 0 Å². The predicted molar refractivity (Wildman–Crippen MR) is 96.2 cm³/mol. The normalized spacial score (nSPS) is 11.6. The van der Waals surface area contributed by atoms with Crippen LogP contribution in [0.4, 0.5) is 5.69 Å². The molecule has 0 bridgehead atoms. The summed E-state index contributed by atoms with van der Waals surface area (Å²) in [5.41, 5.74) is 6.43. The zero-order chi connectivity index (χ0) is 16.3. The summed E-state index contributed by atoms with van der Waals surface area (Å²) >= 11 is 0. The highest BCUT2D eigenvalue weighted by molar-refractivity contribution is 5.41. The molecule has 1 rings (SSSR count). The van der Waals surface area contributed by atoms with Gasteiger partial charge in [0.1, 0.15) is 5.75 Å². The lowest BCUT2D eigenvalue weighted by atomic mass is 10.1. The Bertz CT molecular complexity index is 381. The number of nitrogen functional groups attached to an aromatic ring is 1. The molecule has 0 aliphatic rings. The third kappa shape index (κ3) is 10.5. The van der Waals surface area contributed by atoms with Gasteiger partial charge in [-0.15, -0.1) is 0 Å². The van der Waals surface area contributed by atoms with Gasteiger partial charge in [-0.3, -0.25) is 0 Å². The molecule has 0 spiro atoms. The Morgan fingerprint density at radius 3 is 1.82 bits per heavy atom. The number of unbranched alkanes of at least 4 members (excludes halogenated alkanes) is 7. The van der Waals surface area contributed by atoms with E-state index in [9.17, 15) is 0 Å². The Balaban J connectivity index is 1.85. The van der Waals surface area contributed by atoms with Crippen molar-refractivity contribution in [2.45, 2.75) is 51.4 Å². The van der Waals surface area contributed by atoms with Gasteiger partial charge in [0.05, 0.1) is 34.3 Å². The van der Waals surface area contributed by atoms with Gasteiger partial charge in [-0.1, -0.05) is 32.1 Å². The maximum absolute atomic E-state index is 5.70. The fourth-order valence-corrected chi connectivity index (χ4v) is 2.50. The molecule has 0 amide bonds. The second-order valence-electron chi connectivity index (χ2n) is 7.26. The highest BCUT2D eigenvalue weighted by atomic mass is 16.5. The number of benzene rings is 1. The highest BCUT2D eigenvalue weighted by Gasteiger charge is 2.04. The average molecular weight is 308 g/mol. The van der Waals surface area contributed by atoms with Crippen molar-refractivity contribution in [3.8, 4) is 5.75 Å². The second-order valence-corrected chi connectivity index (χ2v) is 7.26. The maximum atomic E-state index is 5.70. The van der Waals surface area contributed by atoms with Gasteiger partial charge in [0.25, 0.3) is 0 Å². The van der Waals surface area contributed by atoms with Crippen LogP contribution < -0.4 is 10.5 Å². The van der Waals surface area contributed by atoms with E-state index < -0.39 is 0 Å². The van der Waals surface area contributed by atoms with E-state index in [1.165, 1.54) is 51.5 Å². The van der Waals surface area contributed by atoms with Crippen LogP contribution in [-0.4, -0.2) is 38.8 Å². The molecule has 0 aromatic heterocycles. The predicted octanol–water partition coefficient (Wildman–Crippen LogP) is 4.47. The zero-order valence-electron chi connectivity index (χ0n) is 14.8. The number of quaternary nitrogens is 1. The van der Waals surface area contributed by atoms with E-state index in [0.29, 0.717) is 0 Å². The number of nitrogens with zero attached hydrogens (tertiary/aromatic N) is 1. The van der Waals surface area contributed by atoms with Crippen molar-refractivity contribution in [1.29, 1.82) is 0 Å². The van der Waals surface area contributed by atoms with E-state index in [1.807, 2.05) is 24.3 Å². The van der Waals surface area contributed by atoms with Gasteiger partial charge in [-0.25, -0.2) is 0 Å². The summed E-state index contributed by atoms with van der Waals surface area (Å²) in [6.45, 7) is 2.11. The van der Waals surface area contributed by atoms with Crippen LogP contribution in [0.5, 0.6) is 5.75 Å². The fourth-order valence-electron chi connectivity index (χ4n) is 2.50. The summed E-state index contributed by atoms with van der Waals surface area (Å²) in [5, 5.41) is 0. The molecule has 3 heteroatoms. The molecule has 0 unspecified atom stereocenters. The van der Waals surface area contributed by atoms with Crippen molar-refractivity contribution in [1.82, 2.24) is 0 Å². The monoisotopic (exact) mass is 307 g/mol. The number of nitrogens with two attached hydrogens (primary N) is 1. The Labute approximate surface area is 137 Å². The smallest absolute Gasteiger partial charge is 0.119 e. The molecule has 126 valence electrons. The van der Waals surface area contributed by atoms with Crippen molar-refractivity contribution >= 4 is 5.69 Å². The number of rotatable bonds is 12. The summed E-state index contributed by atoms with van der Waals surface area (Å²) in [7, 11) is 6.81. The molecule has 0 saturated heterocycles. The van der Waals surface area contributed by atoms with E-state index in [-0.39, 0.29) is 0 Å². The van der Waals surface area contributed by atoms with Gasteiger partial charge in [-0.05, 0) is 43.5 Å². The van der Waals surface area contributed by atoms with Crippen LogP contribution >= 0.6 is 0 Å². The number of hydrogen-bond acceptors (Lipinski definition) is 2. The van der Waals surface area contributed by atoms with Crippen LogP contribution in [0.15, 0.2) is 24.3 Å². The SMILES string of the molecule is C[N+](C)(C)CCCCCCCCCCOc1ccc(N)cc1. The molecule has 0 aliphatic carbocycles. The quantitative estimate of drug-likeness (QED) is 0.351. The van der Waals surface area contributed by atoms with Crippen LogP contribution in [-0.2, 0) is 0 Å². The van der Waals surface area contributed by atoms with Gasteiger partial charge in [-0.2, -0.15) is 0 Å². The van der Waals surface area contributed by atoms with Crippen molar-refractivity contribution < 1.29 is 9.22 Å². The summed E-state index contributed by atoms with van der Waals surface area (Å²) in [4.78, 5) is 0. The minimum atomic E-state index is 0.786. The lowest BCUT2D eigenvalue weighted by Crippen LogP contribution is -2.35. The van der Waals surface area contributed by atoms with E-state index in [4.69, 9.17) is 10.5 Å². The third-order valence-electron chi connectivity index (χ3n) is 3.87. The van der Waals surface area contributed by atoms with Gasteiger partial charge in [0, 0.05) is 5.69 Å². The van der Waals surface area contributed by atoms with Crippen LogP contribution in [0, 0.1) is 0 Å². The standard InChI is InChI=1S/C19H35N2O/c1-21(2,3)16-10-8-6-4-5-7-9-11-17-22-19-14-12-18(20)13-15-19/h12-15H,4-11,16-17,20H2,1-3H3/q+1. The maximum Gasteiger partial charge on any atom is 0.119 e. The molecular formula is C19H35N2O+. The first-order valence-electron chi connectivity index (χ1n) is 8.76. The first kappa shape index (κ1) is 18.8. The van der Waals surface area contributed by atoms with Crippen molar-refractivity contribution in [3.05, 3.63) is 24.3 Å².